The minimum Gasteiger partial charge on any atom is -0.493 e. The number of hydrogen-bond acceptors (Lipinski definition) is 6. The topological polar surface area (TPSA) is 100 Å². The SMILES string of the molecule is COc1ccc(C2C(C(=O)Nc3ccc(C)c[nH+]3)=C(C)NC3=CC(c4ccccc4)CC(=O)C32)c(OC)c1OC. The van der Waals surface area contributed by atoms with Gasteiger partial charge in [0.1, 0.15) is 5.78 Å². The highest BCUT2D eigenvalue weighted by molar-refractivity contribution is 6.06. The number of ether oxygens (including phenoxy) is 3. The lowest BCUT2D eigenvalue weighted by atomic mass is 9.68. The Morgan fingerprint density at radius 3 is 2.33 bits per heavy atom. The number of anilines is 1. The summed E-state index contributed by atoms with van der Waals surface area (Å²) >= 11 is 0. The molecular weight excluding hydrogens is 506 g/mol. The van der Waals surface area contributed by atoms with Gasteiger partial charge in [-0.1, -0.05) is 42.5 Å². The summed E-state index contributed by atoms with van der Waals surface area (Å²) in [6.45, 7) is 3.83. The van der Waals surface area contributed by atoms with Crippen LogP contribution in [0.25, 0.3) is 0 Å². The fourth-order valence-electron chi connectivity index (χ4n) is 5.77. The van der Waals surface area contributed by atoms with Crippen LogP contribution in [0.2, 0.25) is 0 Å². The summed E-state index contributed by atoms with van der Waals surface area (Å²) in [7, 11) is 4.64. The second-order valence-corrected chi connectivity index (χ2v) is 10.1. The Morgan fingerprint density at radius 1 is 0.925 bits per heavy atom. The van der Waals surface area contributed by atoms with Gasteiger partial charge in [0.15, 0.2) is 11.5 Å². The van der Waals surface area contributed by atoms with Gasteiger partial charge in [0, 0.05) is 41.3 Å². The normalized spacial score (nSPS) is 20.2. The van der Waals surface area contributed by atoms with Crippen molar-refractivity contribution in [3.05, 3.63) is 101 Å². The molecular formula is C32H34N3O5+. The maximum absolute atomic E-state index is 14.0. The first kappa shape index (κ1) is 27.0. The van der Waals surface area contributed by atoms with Crippen LogP contribution in [0.4, 0.5) is 5.82 Å². The highest BCUT2D eigenvalue weighted by Crippen LogP contribution is 2.51. The van der Waals surface area contributed by atoms with Crippen LogP contribution in [-0.4, -0.2) is 33.0 Å². The summed E-state index contributed by atoms with van der Waals surface area (Å²) in [5, 5.41) is 6.40. The minimum atomic E-state index is -0.628. The van der Waals surface area contributed by atoms with Gasteiger partial charge in [-0.3, -0.25) is 4.79 Å². The van der Waals surface area contributed by atoms with E-state index in [1.54, 1.807) is 20.3 Å². The summed E-state index contributed by atoms with van der Waals surface area (Å²) in [6, 6.07) is 17.3. The molecule has 2 heterocycles. The summed E-state index contributed by atoms with van der Waals surface area (Å²) in [6.07, 6.45) is 4.26. The molecule has 8 nitrogen and oxygen atoms in total. The first-order valence-corrected chi connectivity index (χ1v) is 13.2. The van der Waals surface area contributed by atoms with E-state index in [0.29, 0.717) is 46.3 Å². The Hall–Kier alpha value is -4.59. The number of amides is 1. The molecule has 0 fully saturated rings. The number of H-pyrrole nitrogens is 1. The number of methoxy groups -OCH3 is 3. The van der Waals surface area contributed by atoms with Gasteiger partial charge in [-0.25, -0.2) is 15.1 Å². The molecule has 206 valence electrons. The van der Waals surface area contributed by atoms with Crippen molar-refractivity contribution >= 4 is 17.5 Å². The van der Waals surface area contributed by atoms with Crippen LogP contribution in [0, 0.1) is 12.8 Å². The Kier molecular flexibility index (Phi) is 7.60. The Morgan fingerprint density at radius 2 is 1.68 bits per heavy atom. The van der Waals surface area contributed by atoms with E-state index in [1.165, 1.54) is 7.11 Å². The summed E-state index contributed by atoms with van der Waals surface area (Å²) in [4.78, 5) is 31.0. The Bertz CT molecular complexity index is 1490. The van der Waals surface area contributed by atoms with Crippen LogP contribution in [0.3, 0.4) is 0 Å². The average Bonchev–Trinajstić information content (AvgIpc) is 2.96. The number of aromatic amines is 1. The zero-order chi connectivity index (χ0) is 28.4. The van der Waals surface area contributed by atoms with Crippen LogP contribution in [0.1, 0.15) is 41.9 Å². The van der Waals surface area contributed by atoms with Crippen molar-refractivity contribution in [3.8, 4) is 17.2 Å². The fourth-order valence-corrected chi connectivity index (χ4v) is 5.77. The Balaban J connectivity index is 1.67. The third-order valence-corrected chi connectivity index (χ3v) is 7.62. The molecule has 40 heavy (non-hydrogen) atoms. The molecule has 2 aliphatic rings. The van der Waals surface area contributed by atoms with E-state index in [1.807, 2.05) is 68.6 Å². The van der Waals surface area contributed by atoms with Crippen LogP contribution >= 0.6 is 0 Å². The predicted molar refractivity (Wildman–Crippen MR) is 151 cm³/mol. The first-order chi connectivity index (χ1) is 19.4. The van der Waals surface area contributed by atoms with Crippen molar-refractivity contribution in [2.45, 2.75) is 32.1 Å². The number of carbonyl (C=O) groups is 2. The zero-order valence-electron chi connectivity index (χ0n) is 23.3. The molecule has 0 saturated heterocycles. The monoisotopic (exact) mass is 540 g/mol. The second-order valence-electron chi connectivity index (χ2n) is 10.1. The van der Waals surface area contributed by atoms with E-state index in [4.69, 9.17) is 14.2 Å². The van der Waals surface area contributed by atoms with Crippen molar-refractivity contribution in [3.63, 3.8) is 0 Å². The van der Waals surface area contributed by atoms with Crippen molar-refractivity contribution in [2.75, 3.05) is 26.6 Å². The van der Waals surface area contributed by atoms with Gasteiger partial charge in [0.05, 0.1) is 39.0 Å². The number of hydrogen-bond donors (Lipinski definition) is 2. The molecule has 0 radical (unpaired) electrons. The van der Waals surface area contributed by atoms with Gasteiger partial charge in [-0.05, 0) is 37.1 Å². The second kappa shape index (κ2) is 11.3. The molecule has 2 aromatic carbocycles. The van der Waals surface area contributed by atoms with E-state index in [2.05, 4.69) is 21.7 Å². The minimum absolute atomic E-state index is 0.0420. The van der Waals surface area contributed by atoms with Crippen molar-refractivity contribution < 1.29 is 28.8 Å². The molecule has 3 unspecified atom stereocenters. The molecule has 1 aliphatic carbocycles. The number of aromatic nitrogens is 1. The fraction of sp³-hybridized carbons (Fsp3) is 0.281. The van der Waals surface area contributed by atoms with Crippen LogP contribution < -0.4 is 29.8 Å². The van der Waals surface area contributed by atoms with Crippen molar-refractivity contribution in [1.29, 1.82) is 0 Å². The maximum Gasteiger partial charge on any atom is 0.337 e. The van der Waals surface area contributed by atoms with E-state index in [9.17, 15) is 9.59 Å². The lowest BCUT2D eigenvalue weighted by Crippen LogP contribution is -2.43. The molecule has 3 aromatic rings. The molecule has 3 N–H and O–H groups in total. The lowest BCUT2D eigenvalue weighted by Gasteiger charge is -2.39. The number of fused-ring (bicyclic) bond motifs is 1. The predicted octanol–water partition coefficient (Wildman–Crippen LogP) is 4.69. The summed E-state index contributed by atoms with van der Waals surface area (Å²) in [5.74, 6) is 0.292. The summed E-state index contributed by atoms with van der Waals surface area (Å²) in [5.41, 5.74) is 4.67. The van der Waals surface area contributed by atoms with Gasteiger partial charge >= 0.3 is 5.91 Å². The quantitative estimate of drug-likeness (QED) is 0.451. The highest BCUT2D eigenvalue weighted by atomic mass is 16.5. The lowest BCUT2D eigenvalue weighted by molar-refractivity contribution is -0.361. The van der Waals surface area contributed by atoms with E-state index in [-0.39, 0.29) is 17.6 Å². The molecule has 1 aromatic heterocycles. The van der Waals surface area contributed by atoms with Crippen molar-refractivity contribution in [2.24, 2.45) is 5.92 Å². The number of nitrogens with one attached hydrogen (secondary N) is 3. The number of aryl methyl sites for hydroxylation is 1. The number of benzene rings is 2. The number of pyridine rings is 1. The number of Topliss-reactive ketones (excluding diaryl/α,β-unsaturated/α-hetero) is 1. The van der Waals surface area contributed by atoms with Gasteiger partial charge in [0.25, 0.3) is 5.82 Å². The van der Waals surface area contributed by atoms with Crippen LogP contribution in [0.5, 0.6) is 17.2 Å². The third-order valence-electron chi connectivity index (χ3n) is 7.62. The Labute approximate surface area is 234 Å². The molecule has 3 atom stereocenters. The molecule has 0 bridgehead atoms. The zero-order valence-corrected chi connectivity index (χ0v) is 23.3. The highest BCUT2D eigenvalue weighted by Gasteiger charge is 2.47. The van der Waals surface area contributed by atoms with Crippen LogP contribution in [0.15, 0.2) is 83.8 Å². The molecule has 0 spiro atoms. The van der Waals surface area contributed by atoms with Gasteiger partial charge in [-0.15, -0.1) is 0 Å². The van der Waals surface area contributed by atoms with Gasteiger partial charge in [-0.2, -0.15) is 0 Å². The molecule has 0 saturated carbocycles. The molecule has 5 rings (SSSR count). The third kappa shape index (κ3) is 4.93. The van der Waals surface area contributed by atoms with E-state index < -0.39 is 11.8 Å². The van der Waals surface area contributed by atoms with Gasteiger partial charge in [0.2, 0.25) is 5.75 Å². The smallest absolute Gasteiger partial charge is 0.337 e. The van der Waals surface area contributed by atoms with Crippen molar-refractivity contribution in [1.82, 2.24) is 5.32 Å². The van der Waals surface area contributed by atoms with E-state index >= 15 is 0 Å². The average molecular weight is 541 g/mol. The maximum atomic E-state index is 14.0. The number of allylic oxidation sites excluding steroid dienone is 3. The number of rotatable bonds is 7. The summed E-state index contributed by atoms with van der Waals surface area (Å²) < 4.78 is 17.0. The van der Waals surface area contributed by atoms with Crippen LogP contribution in [-0.2, 0) is 9.59 Å². The molecule has 1 aliphatic heterocycles. The standard InChI is InChI=1S/C32H33N3O5/c1-18-11-14-26(33-17-18)35-32(37)27-19(2)34-23-15-21(20-9-7-6-8-10-20)16-24(36)29(23)28(27)22-12-13-25(38-3)31(40-5)30(22)39-4/h6-15,17,21,28-29,34H,16H2,1-5H3,(H,33,35,37)/p+1. The molecule has 8 heteroatoms. The largest absolute Gasteiger partial charge is 0.493 e. The molecule has 1 amide bonds. The van der Waals surface area contributed by atoms with E-state index in [0.717, 1.165) is 16.8 Å². The number of ketones is 1. The van der Waals surface area contributed by atoms with Gasteiger partial charge < -0.3 is 19.5 Å². The first-order valence-electron chi connectivity index (χ1n) is 13.2. The number of carbonyl (C=O) groups excluding carboxylic acids is 2.